The van der Waals surface area contributed by atoms with Crippen LogP contribution in [0.15, 0.2) is 60.7 Å². The highest BCUT2D eigenvalue weighted by atomic mass is 16.5. The summed E-state index contributed by atoms with van der Waals surface area (Å²) < 4.78 is 13.8. The average molecular weight is 647 g/mol. The van der Waals surface area contributed by atoms with Gasteiger partial charge in [-0.3, -0.25) is 9.59 Å². The number of hydrogen-bond donors (Lipinski definition) is 2. The summed E-state index contributed by atoms with van der Waals surface area (Å²) >= 11 is 0. The predicted octanol–water partition coefficient (Wildman–Crippen LogP) is 9.46. The van der Waals surface area contributed by atoms with E-state index in [0.29, 0.717) is 11.5 Å². The molecule has 0 heterocycles. The van der Waals surface area contributed by atoms with E-state index in [0.717, 1.165) is 58.1 Å². The van der Waals surface area contributed by atoms with E-state index < -0.39 is 11.9 Å². The van der Waals surface area contributed by atoms with Gasteiger partial charge < -0.3 is 19.7 Å². The number of hydrogen-bond acceptors (Lipinski definition) is 4. The third-order valence-electron chi connectivity index (χ3n) is 13.3. The van der Waals surface area contributed by atoms with E-state index >= 15 is 0 Å². The second-order valence-corrected chi connectivity index (χ2v) is 16.9. The second-order valence-electron chi connectivity index (χ2n) is 16.9. The standard InChI is InChI=1S/C42H46O6/c43-39(44)15-25-1-5-33(6-2-25)47-37-18-38(48-34-7-3-26(4-8-34)16-40(45)46)36(42-22-30-12-31(23-42)14-32(13-30)24-42)17-35(37)41-19-27-9-28(20-41)11-29(10-27)21-41/h1-8,17-18,27-32H,9-16,19-24H2,(H,43,44)(H,45,46). The zero-order valence-corrected chi connectivity index (χ0v) is 27.7. The van der Waals surface area contributed by atoms with Crippen molar-refractivity contribution >= 4 is 11.9 Å². The number of rotatable bonds is 10. The van der Waals surface area contributed by atoms with Crippen molar-refractivity contribution in [3.8, 4) is 23.0 Å². The summed E-state index contributed by atoms with van der Waals surface area (Å²) in [7, 11) is 0. The molecule has 3 aromatic rings. The van der Waals surface area contributed by atoms with Crippen molar-refractivity contribution in [2.24, 2.45) is 35.5 Å². The molecule has 0 aliphatic heterocycles. The van der Waals surface area contributed by atoms with Crippen LogP contribution in [0.25, 0.3) is 0 Å². The van der Waals surface area contributed by atoms with Crippen molar-refractivity contribution in [2.75, 3.05) is 0 Å². The van der Waals surface area contributed by atoms with Crippen LogP contribution < -0.4 is 9.47 Å². The minimum Gasteiger partial charge on any atom is -0.481 e. The molecule has 0 aromatic heterocycles. The van der Waals surface area contributed by atoms with Crippen LogP contribution >= 0.6 is 0 Å². The van der Waals surface area contributed by atoms with Crippen molar-refractivity contribution in [2.45, 2.75) is 101 Å². The molecule has 3 aromatic carbocycles. The topological polar surface area (TPSA) is 93.1 Å². The normalized spacial score (nSPS) is 33.9. The van der Waals surface area contributed by atoms with Gasteiger partial charge in [-0.2, -0.15) is 0 Å². The van der Waals surface area contributed by atoms with Crippen LogP contribution in [0.2, 0.25) is 0 Å². The summed E-state index contributed by atoms with van der Waals surface area (Å²) in [5.74, 6) is 6.24. The molecule has 11 rings (SSSR count). The highest BCUT2D eigenvalue weighted by Crippen LogP contribution is 2.66. The van der Waals surface area contributed by atoms with Crippen molar-refractivity contribution in [1.82, 2.24) is 0 Å². The Morgan fingerprint density at radius 2 is 0.833 bits per heavy atom. The van der Waals surface area contributed by atoms with E-state index in [1.165, 1.54) is 88.2 Å². The van der Waals surface area contributed by atoms with E-state index in [1.54, 1.807) is 0 Å². The van der Waals surface area contributed by atoms with Crippen molar-refractivity contribution < 1.29 is 29.3 Å². The Morgan fingerprint density at radius 3 is 1.12 bits per heavy atom. The van der Waals surface area contributed by atoms with Crippen LogP contribution in [0.5, 0.6) is 23.0 Å². The summed E-state index contributed by atoms with van der Waals surface area (Å²) in [6.45, 7) is 0. The lowest BCUT2D eigenvalue weighted by atomic mass is 9.46. The monoisotopic (exact) mass is 646 g/mol. The smallest absolute Gasteiger partial charge is 0.307 e. The molecule has 0 spiro atoms. The van der Waals surface area contributed by atoms with Crippen LogP contribution in [-0.2, 0) is 33.3 Å². The molecule has 2 N–H and O–H groups in total. The lowest BCUT2D eigenvalue weighted by Crippen LogP contribution is -2.50. The maximum Gasteiger partial charge on any atom is 0.307 e. The molecule has 0 amide bonds. The molecule has 0 radical (unpaired) electrons. The fourth-order valence-corrected chi connectivity index (χ4v) is 12.4. The van der Waals surface area contributed by atoms with Gasteiger partial charge in [-0.25, -0.2) is 0 Å². The molecular weight excluding hydrogens is 600 g/mol. The van der Waals surface area contributed by atoms with Gasteiger partial charge in [0.15, 0.2) is 0 Å². The highest BCUT2D eigenvalue weighted by molar-refractivity contribution is 5.70. The van der Waals surface area contributed by atoms with Gasteiger partial charge in [0.05, 0.1) is 12.8 Å². The molecule has 0 atom stereocenters. The van der Waals surface area contributed by atoms with Gasteiger partial charge in [0, 0.05) is 17.2 Å². The maximum atomic E-state index is 11.3. The Morgan fingerprint density at radius 1 is 0.521 bits per heavy atom. The average Bonchev–Trinajstić information content (AvgIpc) is 3.01. The first-order valence-corrected chi connectivity index (χ1v) is 18.4. The van der Waals surface area contributed by atoms with E-state index in [4.69, 9.17) is 9.47 Å². The summed E-state index contributed by atoms with van der Waals surface area (Å²) in [5.41, 5.74) is 4.47. The van der Waals surface area contributed by atoms with Crippen LogP contribution in [0.1, 0.15) is 99.3 Å². The minimum absolute atomic E-state index is 0.0121. The number of ether oxygens (including phenoxy) is 2. The molecule has 250 valence electrons. The highest BCUT2D eigenvalue weighted by Gasteiger charge is 2.55. The van der Waals surface area contributed by atoms with Gasteiger partial charge in [-0.05, 0) is 165 Å². The van der Waals surface area contributed by atoms with Gasteiger partial charge in [-0.15, -0.1) is 0 Å². The van der Waals surface area contributed by atoms with Gasteiger partial charge >= 0.3 is 11.9 Å². The van der Waals surface area contributed by atoms with Crippen molar-refractivity contribution in [1.29, 1.82) is 0 Å². The maximum absolute atomic E-state index is 11.3. The van der Waals surface area contributed by atoms with Crippen LogP contribution in [-0.4, -0.2) is 22.2 Å². The largest absolute Gasteiger partial charge is 0.481 e. The zero-order valence-electron chi connectivity index (χ0n) is 27.7. The number of aliphatic carboxylic acids is 2. The lowest BCUT2D eigenvalue weighted by molar-refractivity contribution is -0.137. The quantitative estimate of drug-likeness (QED) is 0.228. The molecule has 8 aliphatic carbocycles. The van der Waals surface area contributed by atoms with Gasteiger partial charge in [0.2, 0.25) is 0 Å². The fourth-order valence-electron chi connectivity index (χ4n) is 12.4. The Labute approximate surface area is 282 Å². The van der Waals surface area contributed by atoms with E-state index in [1.807, 2.05) is 48.5 Å². The minimum atomic E-state index is -0.842. The SMILES string of the molecule is O=C(O)Cc1ccc(Oc2cc(Oc3ccc(CC(=O)O)cc3)c(C34CC5CC(CC(C5)C3)C4)cc2C23CC4CC(CC(C4)C2)C3)cc1. The Balaban J connectivity index is 1.17. The molecule has 8 saturated carbocycles. The van der Waals surface area contributed by atoms with Gasteiger partial charge in [0.25, 0.3) is 0 Å². The second kappa shape index (κ2) is 11.4. The first-order valence-electron chi connectivity index (χ1n) is 18.4. The first kappa shape index (κ1) is 30.3. The van der Waals surface area contributed by atoms with Crippen LogP contribution in [0.3, 0.4) is 0 Å². The Bertz CT molecular complexity index is 1540. The molecule has 8 fully saturated rings. The Kier molecular flexibility index (Phi) is 7.18. The molecule has 8 aliphatic rings. The molecule has 48 heavy (non-hydrogen) atoms. The number of carboxylic acids is 2. The molecular formula is C42H46O6. The number of carbonyl (C=O) groups is 2. The molecule has 6 nitrogen and oxygen atoms in total. The molecule has 6 heteroatoms. The first-order chi connectivity index (χ1) is 23.2. The number of carboxylic acid groups (broad SMARTS) is 2. The van der Waals surface area contributed by atoms with Crippen molar-refractivity contribution in [3.63, 3.8) is 0 Å². The van der Waals surface area contributed by atoms with Crippen LogP contribution in [0, 0.1) is 35.5 Å². The summed E-state index contributed by atoms with van der Waals surface area (Å²) in [4.78, 5) is 22.7. The third-order valence-corrected chi connectivity index (χ3v) is 13.3. The molecule has 8 bridgehead atoms. The summed E-state index contributed by atoms with van der Waals surface area (Å²) in [5, 5.41) is 18.6. The lowest BCUT2D eigenvalue weighted by Gasteiger charge is -2.58. The summed E-state index contributed by atoms with van der Waals surface area (Å²) in [6, 6.07) is 19.8. The van der Waals surface area contributed by atoms with Crippen molar-refractivity contribution in [3.05, 3.63) is 82.9 Å². The summed E-state index contributed by atoms with van der Waals surface area (Å²) in [6.07, 6.45) is 15.6. The number of benzene rings is 3. The zero-order chi connectivity index (χ0) is 32.6. The van der Waals surface area contributed by atoms with Gasteiger partial charge in [-0.1, -0.05) is 24.3 Å². The third kappa shape index (κ3) is 5.49. The van der Waals surface area contributed by atoms with Gasteiger partial charge in [0.1, 0.15) is 23.0 Å². The van der Waals surface area contributed by atoms with E-state index in [9.17, 15) is 19.8 Å². The predicted molar refractivity (Wildman–Crippen MR) is 182 cm³/mol. The van der Waals surface area contributed by atoms with E-state index in [2.05, 4.69) is 12.1 Å². The van der Waals surface area contributed by atoms with Crippen LogP contribution in [0.4, 0.5) is 0 Å². The van der Waals surface area contributed by atoms with E-state index in [-0.39, 0.29) is 23.7 Å². The molecule has 0 unspecified atom stereocenters. The molecule has 0 saturated heterocycles. The Hall–Kier alpha value is -3.80. The fraction of sp³-hybridized carbons (Fsp3) is 0.524.